The number of carbonyl (C=O) groups is 3. The van der Waals surface area contributed by atoms with Crippen molar-refractivity contribution in [2.45, 2.75) is 103 Å². The van der Waals surface area contributed by atoms with Gasteiger partial charge in [-0.15, -0.1) is 0 Å². The van der Waals surface area contributed by atoms with Crippen LogP contribution in [0.5, 0.6) is 0 Å². The number of nitrogens with zero attached hydrogens (tertiary/aromatic N) is 1. The van der Waals surface area contributed by atoms with Gasteiger partial charge in [0.2, 0.25) is 11.8 Å². The van der Waals surface area contributed by atoms with Gasteiger partial charge in [0.15, 0.2) is 0 Å². The summed E-state index contributed by atoms with van der Waals surface area (Å²) in [7, 11) is 0. The van der Waals surface area contributed by atoms with Gasteiger partial charge in [-0.05, 0) is 75.7 Å². The van der Waals surface area contributed by atoms with Gasteiger partial charge in [0.1, 0.15) is 17.7 Å². The van der Waals surface area contributed by atoms with E-state index in [1.807, 2.05) is 30.5 Å². The maximum atomic E-state index is 14.2. The molecule has 2 N–H and O–H groups in total. The Bertz CT molecular complexity index is 924. The summed E-state index contributed by atoms with van der Waals surface area (Å²) < 4.78 is 5.46. The van der Waals surface area contributed by atoms with Gasteiger partial charge in [-0.3, -0.25) is 9.59 Å². The second-order valence-electron chi connectivity index (χ2n) is 11.0. The van der Waals surface area contributed by atoms with Crippen LogP contribution in [0.1, 0.15) is 96.2 Å². The van der Waals surface area contributed by atoms with Crippen molar-refractivity contribution in [1.29, 1.82) is 0 Å². The lowest BCUT2D eigenvalue weighted by atomic mass is 9.94. The van der Waals surface area contributed by atoms with E-state index in [-0.39, 0.29) is 17.9 Å². The Kier molecular flexibility index (Phi) is 13.2. The van der Waals surface area contributed by atoms with Crippen molar-refractivity contribution < 1.29 is 19.1 Å². The van der Waals surface area contributed by atoms with Crippen LogP contribution in [-0.2, 0) is 14.3 Å². The summed E-state index contributed by atoms with van der Waals surface area (Å²) in [6.45, 7) is 11.7. The van der Waals surface area contributed by atoms with Crippen LogP contribution in [0, 0.1) is 0 Å². The van der Waals surface area contributed by atoms with Crippen molar-refractivity contribution in [3.05, 3.63) is 42.0 Å². The fraction of sp³-hybridized carbons (Fsp3) is 0.633. The van der Waals surface area contributed by atoms with Gasteiger partial charge in [0.25, 0.3) is 0 Å². The molecule has 0 aliphatic heterocycles. The standard InChI is InChI=1S/C30H47N3O4S/c1-7-9-19-33(28(35)25(18-20-38-6)32-29(36)37-30(3,4)5)26(23-15-13-14-22(8-2)21-23)27(34)31-24-16-11-10-12-17-24/h8,13-15,21,24-26H,2,7,9-12,16-20H2,1,3-6H3,(H,31,34)(H,32,36). The van der Waals surface area contributed by atoms with Crippen LogP contribution >= 0.6 is 11.8 Å². The third kappa shape index (κ3) is 10.4. The first-order chi connectivity index (χ1) is 18.1. The van der Waals surface area contributed by atoms with E-state index in [9.17, 15) is 14.4 Å². The normalized spacial score (nSPS) is 15.7. The molecule has 1 aliphatic carbocycles. The average Bonchev–Trinajstić information content (AvgIpc) is 2.88. The first-order valence-corrected chi connectivity index (χ1v) is 15.3. The molecule has 3 amide bonds. The van der Waals surface area contributed by atoms with E-state index in [4.69, 9.17) is 4.74 Å². The summed E-state index contributed by atoms with van der Waals surface area (Å²) >= 11 is 1.60. The van der Waals surface area contributed by atoms with Crippen molar-refractivity contribution in [3.8, 4) is 0 Å². The lowest BCUT2D eigenvalue weighted by molar-refractivity contribution is -0.143. The van der Waals surface area contributed by atoms with Crippen molar-refractivity contribution in [3.63, 3.8) is 0 Å². The summed E-state index contributed by atoms with van der Waals surface area (Å²) in [4.78, 5) is 42.4. The van der Waals surface area contributed by atoms with Crippen LogP contribution in [0.15, 0.2) is 30.8 Å². The van der Waals surface area contributed by atoms with Crippen molar-refractivity contribution in [2.75, 3.05) is 18.6 Å². The first-order valence-electron chi connectivity index (χ1n) is 13.9. The van der Waals surface area contributed by atoms with Crippen molar-refractivity contribution in [2.24, 2.45) is 0 Å². The van der Waals surface area contributed by atoms with Gasteiger partial charge < -0.3 is 20.3 Å². The first kappa shape index (κ1) is 31.7. The minimum Gasteiger partial charge on any atom is -0.444 e. The Morgan fingerprint density at radius 3 is 2.53 bits per heavy atom. The number of carbonyl (C=O) groups excluding carboxylic acids is 3. The SMILES string of the molecule is C=Cc1cccc(C(C(=O)NC2CCCCC2)N(CCCC)C(=O)C(CCSC)NC(=O)OC(C)(C)C)c1. The van der Waals surface area contributed by atoms with Gasteiger partial charge in [0.05, 0.1) is 0 Å². The third-order valence-electron chi connectivity index (χ3n) is 6.61. The van der Waals surface area contributed by atoms with E-state index in [1.54, 1.807) is 43.5 Å². The second-order valence-corrected chi connectivity index (χ2v) is 12.0. The maximum Gasteiger partial charge on any atom is 0.408 e. The highest BCUT2D eigenvalue weighted by molar-refractivity contribution is 7.98. The number of unbranched alkanes of at least 4 members (excludes halogenated alkanes) is 1. The number of hydrogen-bond donors (Lipinski definition) is 2. The topological polar surface area (TPSA) is 87.7 Å². The monoisotopic (exact) mass is 545 g/mol. The lowest BCUT2D eigenvalue weighted by Gasteiger charge is -2.36. The van der Waals surface area contributed by atoms with Crippen molar-refractivity contribution >= 4 is 35.7 Å². The molecule has 1 aliphatic rings. The molecule has 1 fully saturated rings. The molecule has 38 heavy (non-hydrogen) atoms. The zero-order valence-electron chi connectivity index (χ0n) is 23.9. The minimum absolute atomic E-state index is 0.108. The number of thioether (sulfide) groups is 1. The smallest absolute Gasteiger partial charge is 0.408 e. The molecular formula is C30H47N3O4S. The molecule has 8 heteroatoms. The molecule has 0 bridgehead atoms. The number of hydrogen-bond acceptors (Lipinski definition) is 5. The Morgan fingerprint density at radius 2 is 1.92 bits per heavy atom. The quantitative estimate of drug-likeness (QED) is 0.313. The molecule has 0 aromatic heterocycles. The Hall–Kier alpha value is -2.48. The molecule has 0 saturated heterocycles. The van der Waals surface area contributed by atoms with Gasteiger partial charge in [0, 0.05) is 12.6 Å². The number of alkyl carbamates (subject to hydrolysis) is 1. The maximum absolute atomic E-state index is 14.2. The van der Waals surface area contributed by atoms with Crippen molar-refractivity contribution in [1.82, 2.24) is 15.5 Å². The van der Waals surface area contributed by atoms with E-state index in [2.05, 4.69) is 24.1 Å². The molecule has 212 valence electrons. The predicted octanol–water partition coefficient (Wildman–Crippen LogP) is 6.09. The van der Waals surface area contributed by atoms with Crippen LogP contribution in [0.2, 0.25) is 0 Å². The average molecular weight is 546 g/mol. The lowest BCUT2D eigenvalue weighted by Crippen LogP contribution is -2.54. The Balaban J connectivity index is 2.46. The van der Waals surface area contributed by atoms with E-state index in [1.165, 1.54) is 6.42 Å². The molecule has 1 saturated carbocycles. The molecule has 0 heterocycles. The summed E-state index contributed by atoms with van der Waals surface area (Å²) in [5.41, 5.74) is 0.930. The Morgan fingerprint density at radius 1 is 1.21 bits per heavy atom. The Labute approximate surface area is 233 Å². The van der Waals surface area contributed by atoms with Gasteiger partial charge in [-0.1, -0.05) is 63.5 Å². The molecule has 0 spiro atoms. The third-order valence-corrected chi connectivity index (χ3v) is 7.25. The predicted molar refractivity (Wildman–Crippen MR) is 157 cm³/mol. The molecule has 1 aromatic carbocycles. The molecule has 1 aromatic rings. The molecule has 2 unspecified atom stereocenters. The molecular weight excluding hydrogens is 498 g/mol. The summed E-state index contributed by atoms with van der Waals surface area (Å²) in [6.07, 6.45) is 10.4. The van der Waals surface area contributed by atoms with Crippen LogP contribution < -0.4 is 10.6 Å². The zero-order valence-corrected chi connectivity index (χ0v) is 24.7. The number of rotatable bonds is 13. The second kappa shape index (κ2) is 15.8. The zero-order chi connectivity index (χ0) is 28.1. The van der Waals surface area contributed by atoms with Gasteiger partial charge in [-0.25, -0.2) is 4.79 Å². The number of ether oxygens (including phenoxy) is 1. The highest BCUT2D eigenvalue weighted by atomic mass is 32.2. The highest BCUT2D eigenvalue weighted by Gasteiger charge is 2.36. The van der Waals surface area contributed by atoms with Crippen LogP contribution in [0.4, 0.5) is 4.79 Å². The van der Waals surface area contributed by atoms with E-state index >= 15 is 0 Å². The van der Waals surface area contributed by atoms with Gasteiger partial charge in [-0.2, -0.15) is 11.8 Å². The number of amides is 3. The fourth-order valence-electron chi connectivity index (χ4n) is 4.69. The minimum atomic E-state index is -0.812. The largest absolute Gasteiger partial charge is 0.444 e. The highest BCUT2D eigenvalue weighted by Crippen LogP contribution is 2.27. The summed E-state index contributed by atoms with van der Waals surface area (Å²) in [6, 6.07) is 6.12. The fourth-order valence-corrected chi connectivity index (χ4v) is 5.17. The molecule has 0 radical (unpaired) electrons. The summed E-state index contributed by atoms with van der Waals surface area (Å²) in [5.74, 6) is 0.230. The molecule has 2 rings (SSSR count). The molecule has 2 atom stereocenters. The van der Waals surface area contributed by atoms with E-state index < -0.39 is 23.8 Å². The van der Waals surface area contributed by atoms with Crippen LogP contribution in [0.25, 0.3) is 6.08 Å². The van der Waals surface area contributed by atoms with E-state index in [0.717, 1.165) is 49.7 Å². The summed E-state index contributed by atoms with van der Waals surface area (Å²) in [5, 5.41) is 6.05. The number of nitrogens with one attached hydrogen (secondary N) is 2. The van der Waals surface area contributed by atoms with Crippen LogP contribution in [0.3, 0.4) is 0 Å². The number of benzene rings is 1. The molecule has 7 nitrogen and oxygen atoms in total. The van der Waals surface area contributed by atoms with Crippen LogP contribution in [-0.4, -0.2) is 59.0 Å². The van der Waals surface area contributed by atoms with E-state index in [0.29, 0.717) is 18.7 Å². The van der Waals surface area contributed by atoms with Gasteiger partial charge >= 0.3 is 6.09 Å².